The molecule has 0 bridgehead atoms. The normalized spacial score (nSPS) is 20.5. The van der Waals surface area contributed by atoms with Gasteiger partial charge in [-0.3, -0.25) is 4.68 Å². The highest BCUT2D eigenvalue weighted by Gasteiger charge is 2.46. The molecule has 3 heterocycles. The molecule has 10 nitrogen and oxygen atoms in total. The Hall–Kier alpha value is -2.12. The first kappa shape index (κ1) is 21.1. The van der Waals surface area contributed by atoms with Crippen LogP contribution in [-0.4, -0.2) is 90.6 Å². The number of likely N-dealkylation sites (N-methyl/N-ethyl adjacent to an activating group) is 1. The number of aromatic nitrogens is 4. The molecule has 0 atom stereocenters. The van der Waals surface area contributed by atoms with E-state index >= 15 is 0 Å². The number of nitrogens with zero attached hydrogens (tertiary/aromatic N) is 6. The molecule has 4 rings (SSSR count). The maximum Gasteiger partial charge on any atom is 0.251 e. The lowest BCUT2D eigenvalue weighted by atomic mass is 9.89. The average Bonchev–Trinajstić information content (AvgIpc) is 3.01. The zero-order valence-corrected chi connectivity index (χ0v) is 17.8. The number of halogens is 2. The first-order chi connectivity index (χ1) is 14.1. The summed E-state index contributed by atoms with van der Waals surface area (Å²) in [4.78, 5) is 13.5. The monoisotopic (exact) mass is 444 g/mol. The van der Waals surface area contributed by atoms with Gasteiger partial charge >= 0.3 is 0 Å². The van der Waals surface area contributed by atoms with Gasteiger partial charge in [-0.15, -0.1) is 0 Å². The molecule has 0 amide bonds. The van der Waals surface area contributed by atoms with Gasteiger partial charge in [0.15, 0.2) is 5.82 Å². The Kier molecular flexibility index (Phi) is 5.53. The number of piperazine rings is 1. The third kappa shape index (κ3) is 4.62. The Morgan fingerprint density at radius 2 is 1.87 bits per heavy atom. The highest BCUT2D eigenvalue weighted by atomic mass is 32.2. The number of anilines is 2. The van der Waals surface area contributed by atoms with E-state index in [9.17, 15) is 17.2 Å². The molecular weight excluding hydrogens is 418 g/mol. The topological polar surface area (TPSA) is 108 Å². The van der Waals surface area contributed by atoms with Crippen molar-refractivity contribution in [1.82, 2.24) is 29.4 Å². The van der Waals surface area contributed by atoms with E-state index in [-0.39, 0.29) is 12.3 Å². The van der Waals surface area contributed by atoms with Crippen LogP contribution in [0.3, 0.4) is 0 Å². The van der Waals surface area contributed by atoms with Crippen LogP contribution in [0.5, 0.6) is 0 Å². The number of nitrogens with one attached hydrogen (secondary N) is 2. The van der Waals surface area contributed by atoms with Gasteiger partial charge in [-0.2, -0.15) is 10.1 Å². The molecule has 2 aliphatic rings. The molecule has 30 heavy (non-hydrogen) atoms. The summed E-state index contributed by atoms with van der Waals surface area (Å²) < 4.78 is 54.2. The minimum absolute atomic E-state index is 0.0813. The quantitative estimate of drug-likeness (QED) is 0.626. The maximum absolute atomic E-state index is 12.9. The maximum atomic E-state index is 12.9. The number of aryl methyl sites for hydroxylation is 1. The summed E-state index contributed by atoms with van der Waals surface area (Å²) in [6, 6.07) is -0.698. The van der Waals surface area contributed by atoms with Gasteiger partial charge in [-0.05, 0) is 7.05 Å². The van der Waals surface area contributed by atoms with Crippen molar-refractivity contribution in [1.29, 1.82) is 0 Å². The lowest BCUT2D eigenvalue weighted by molar-refractivity contribution is -0.0876. The molecule has 0 spiro atoms. The summed E-state index contributed by atoms with van der Waals surface area (Å²) >= 11 is 0. The van der Waals surface area contributed by atoms with Crippen molar-refractivity contribution in [3.63, 3.8) is 0 Å². The van der Waals surface area contributed by atoms with Gasteiger partial charge in [0.05, 0.1) is 11.9 Å². The zero-order chi connectivity index (χ0) is 21.5. The SMILES string of the molecule is CN1CCN(c2nc(NCCS(=O)(=O)NC3CC(F)(F)C3)c3c(cnn3C)n2)CC1. The highest BCUT2D eigenvalue weighted by molar-refractivity contribution is 7.89. The van der Waals surface area contributed by atoms with Crippen molar-refractivity contribution in [2.24, 2.45) is 7.05 Å². The number of rotatable bonds is 7. The molecule has 2 fully saturated rings. The van der Waals surface area contributed by atoms with E-state index in [4.69, 9.17) is 0 Å². The number of sulfonamides is 1. The molecule has 13 heteroatoms. The Bertz CT molecular complexity index is 1010. The second kappa shape index (κ2) is 7.85. The second-order valence-corrected chi connectivity index (χ2v) is 9.86. The number of alkyl halides is 2. The van der Waals surface area contributed by atoms with Gasteiger partial charge in [0, 0.05) is 58.7 Å². The minimum atomic E-state index is -3.68. The van der Waals surface area contributed by atoms with Crippen LogP contribution in [0.2, 0.25) is 0 Å². The van der Waals surface area contributed by atoms with Gasteiger partial charge in [0.2, 0.25) is 16.0 Å². The fourth-order valence-electron chi connectivity index (χ4n) is 3.70. The van der Waals surface area contributed by atoms with Crippen LogP contribution < -0.4 is 14.9 Å². The van der Waals surface area contributed by atoms with Crippen LogP contribution in [0.1, 0.15) is 12.8 Å². The third-order valence-corrected chi connectivity index (χ3v) is 6.90. The molecule has 166 valence electrons. The standard InChI is InChI=1S/C17H26F2N8O2S/c1-25-4-6-27(7-5-25)16-22-13-11-21-26(2)14(13)15(23-16)20-3-8-30(28,29)24-12-9-17(18,19)10-12/h11-12,24H,3-10H2,1-2H3,(H,20,22,23). The summed E-state index contributed by atoms with van der Waals surface area (Å²) in [6.45, 7) is 3.48. The van der Waals surface area contributed by atoms with E-state index in [0.29, 0.717) is 22.8 Å². The summed E-state index contributed by atoms with van der Waals surface area (Å²) in [7, 11) is 0.153. The summed E-state index contributed by atoms with van der Waals surface area (Å²) in [5, 5.41) is 7.30. The molecule has 2 aromatic rings. The number of hydrogen-bond acceptors (Lipinski definition) is 8. The Labute approximate surface area is 173 Å². The van der Waals surface area contributed by atoms with E-state index in [1.807, 2.05) is 0 Å². The molecule has 2 N–H and O–H groups in total. The van der Waals surface area contributed by atoms with Crippen LogP contribution in [0, 0.1) is 0 Å². The van der Waals surface area contributed by atoms with Gasteiger partial charge in [0.1, 0.15) is 11.0 Å². The summed E-state index contributed by atoms with van der Waals surface area (Å²) in [5.41, 5.74) is 1.35. The first-order valence-corrected chi connectivity index (χ1v) is 11.5. The molecule has 0 unspecified atom stereocenters. The highest BCUT2D eigenvalue weighted by Crippen LogP contribution is 2.37. The fourth-order valence-corrected chi connectivity index (χ4v) is 4.86. The van der Waals surface area contributed by atoms with Crippen molar-refractivity contribution >= 4 is 32.8 Å². The third-order valence-electron chi connectivity index (χ3n) is 5.46. The Balaban J connectivity index is 1.44. The van der Waals surface area contributed by atoms with Crippen LogP contribution in [0.4, 0.5) is 20.5 Å². The molecule has 0 radical (unpaired) electrons. The van der Waals surface area contributed by atoms with Gasteiger partial charge in [-0.1, -0.05) is 0 Å². The summed E-state index contributed by atoms with van der Waals surface area (Å²) in [6.07, 6.45) is 0.752. The molecule has 1 aliphatic carbocycles. The fraction of sp³-hybridized carbons (Fsp3) is 0.706. The van der Waals surface area contributed by atoms with E-state index in [1.54, 1.807) is 17.9 Å². The van der Waals surface area contributed by atoms with Crippen molar-refractivity contribution < 1.29 is 17.2 Å². The van der Waals surface area contributed by atoms with Crippen LogP contribution in [-0.2, 0) is 17.1 Å². The predicted molar refractivity (Wildman–Crippen MR) is 109 cm³/mol. The lowest BCUT2D eigenvalue weighted by Crippen LogP contribution is -2.51. The van der Waals surface area contributed by atoms with Crippen molar-refractivity contribution in [3.8, 4) is 0 Å². The summed E-state index contributed by atoms with van der Waals surface area (Å²) in [5.74, 6) is -1.94. The van der Waals surface area contributed by atoms with E-state index in [0.717, 1.165) is 26.2 Å². The Morgan fingerprint density at radius 1 is 1.17 bits per heavy atom. The smallest absolute Gasteiger partial charge is 0.251 e. The van der Waals surface area contributed by atoms with Gasteiger partial charge in [-0.25, -0.2) is 26.9 Å². The van der Waals surface area contributed by atoms with Gasteiger partial charge < -0.3 is 15.1 Å². The lowest BCUT2D eigenvalue weighted by Gasteiger charge is -2.35. The molecular formula is C17H26F2N8O2S. The van der Waals surface area contributed by atoms with Crippen molar-refractivity contribution in [3.05, 3.63) is 6.20 Å². The molecule has 1 saturated carbocycles. The largest absolute Gasteiger partial charge is 0.367 e. The molecule has 0 aromatic carbocycles. The van der Waals surface area contributed by atoms with E-state index in [1.165, 1.54) is 0 Å². The van der Waals surface area contributed by atoms with Crippen molar-refractivity contribution in [2.45, 2.75) is 24.8 Å². The molecule has 1 saturated heterocycles. The van der Waals surface area contributed by atoms with Crippen LogP contribution in [0.15, 0.2) is 6.20 Å². The number of fused-ring (bicyclic) bond motifs is 1. The van der Waals surface area contributed by atoms with E-state index in [2.05, 4.69) is 42.0 Å². The van der Waals surface area contributed by atoms with Crippen LogP contribution in [0.25, 0.3) is 11.0 Å². The average molecular weight is 445 g/mol. The predicted octanol–water partition coefficient (Wildman–Crippen LogP) is 0.244. The van der Waals surface area contributed by atoms with Crippen molar-refractivity contribution in [2.75, 3.05) is 55.7 Å². The zero-order valence-electron chi connectivity index (χ0n) is 17.0. The first-order valence-electron chi connectivity index (χ1n) is 9.87. The molecule has 2 aromatic heterocycles. The second-order valence-electron chi connectivity index (χ2n) is 7.99. The van der Waals surface area contributed by atoms with Gasteiger partial charge in [0.25, 0.3) is 5.92 Å². The minimum Gasteiger partial charge on any atom is -0.367 e. The van der Waals surface area contributed by atoms with Crippen LogP contribution >= 0.6 is 0 Å². The number of hydrogen-bond donors (Lipinski definition) is 2. The Morgan fingerprint density at radius 3 is 2.53 bits per heavy atom. The van der Waals surface area contributed by atoms with E-state index < -0.39 is 34.8 Å². The molecule has 1 aliphatic heterocycles.